The van der Waals surface area contributed by atoms with Crippen LogP contribution in [0.4, 0.5) is 19.0 Å². The number of benzene rings is 1. The fraction of sp³-hybridized carbons (Fsp3) is 0.500. The Morgan fingerprint density at radius 1 is 1.21 bits per heavy atom. The maximum atomic E-state index is 13.8. The molecule has 0 aliphatic carbocycles. The Bertz CT molecular complexity index is 849. The molecule has 1 saturated heterocycles. The van der Waals surface area contributed by atoms with Gasteiger partial charge in [-0.2, -0.15) is 18.3 Å². The molecule has 4 rings (SSSR count). The summed E-state index contributed by atoms with van der Waals surface area (Å²) in [5.41, 5.74) is 0.848. The predicted molar refractivity (Wildman–Crippen MR) is 99.1 cm³/mol. The lowest BCUT2D eigenvalue weighted by Gasteiger charge is -2.33. The molecule has 1 fully saturated rings. The number of piperidine rings is 1. The highest BCUT2D eigenvalue weighted by molar-refractivity contribution is 5.93. The number of carbonyl (C=O) groups is 1. The predicted octanol–water partition coefficient (Wildman–Crippen LogP) is 4.56. The average Bonchev–Trinajstić information content (AvgIpc) is 3.11. The van der Waals surface area contributed by atoms with Gasteiger partial charge in [-0.3, -0.25) is 4.79 Å². The summed E-state index contributed by atoms with van der Waals surface area (Å²) in [6, 6.07) is 8.31. The third-order valence-corrected chi connectivity index (χ3v) is 5.67. The van der Waals surface area contributed by atoms with Crippen LogP contribution in [0.1, 0.15) is 60.7 Å². The lowest BCUT2D eigenvalue weighted by Crippen LogP contribution is -2.42. The first-order valence-corrected chi connectivity index (χ1v) is 9.63. The van der Waals surface area contributed by atoms with Crippen LogP contribution in [-0.4, -0.2) is 39.4 Å². The molecule has 150 valence electrons. The van der Waals surface area contributed by atoms with Crippen LogP contribution in [0.3, 0.4) is 0 Å². The molecular formula is C20H23F3N4O. The van der Waals surface area contributed by atoms with Gasteiger partial charge in [0.15, 0.2) is 11.7 Å². The number of hydrogen-bond donors (Lipinski definition) is 1. The van der Waals surface area contributed by atoms with Crippen molar-refractivity contribution in [2.45, 2.75) is 56.9 Å². The molecule has 2 aromatic rings. The maximum absolute atomic E-state index is 13.8. The van der Waals surface area contributed by atoms with E-state index in [1.165, 1.54) is 6.07 Å². The molecule has 1 aromatic heterocycles. The number of hydrogen-bond acceptors (Lipinski definition) is 3. The number of halogens is 3. The summed E-state index contributed by atoms with van der Waals surface area (Å²) in [5.74, 6) is -0.0662. The van der Waals surface area contributed by atoms with Gasteiger partial charge >= 0.3 is 6.18 Å². The van der Waals surface area contributed by atoms with E-state index in [1.54, 1.807) is 29.2 Å². The number of aromatic nitrogens is 2. The standard InChI is InChI=1S/C20H23F3N4O/c1-13-7-5-6-10-26(13)19(28)16-12-18-24-15(14-8-3-2-4-9-14)11-17(20(21,22)23)27(18)25-16/h2-4,8-9,12-13,15,17,24H,5-7,10-11H2,1H3/t13-,15+,17+/m0/s1. The summed E-state index contributed by atoms with van der Waals surface area (Å²) in [4.78, 5) is 14.6. The van der Waals surface area contributed by atoms with Crippen LogP contribution in [0.15, 0.2) is 36.4 Å². The molecule has 2 aliphatic rings. The molecule has 1 N–H and O–H groups in total. The molecule has 0 saturated carbocycles. The lowest BCUT2D eigenvalue weighted by atomic mass is 9.97. The number of carbonyl (C=O) groups excluding carboxylic acids is 1. The van der Waals surface area contributed by atoms with Crippen molar-refractivity contribution in [3.05, 3.63) is 47.7 Å². The summed E-state index contributed by atoms with van der Waals surface area (Å²) < 4.78 is 42.2. The molecule has 1 amide bonds. The minimum absolute atomic E-state index is 0.0687. The van der Waals surface area contributed by atoms with Crippen molar-refractivity contribution < 1.29 is 18.0 Å². The monoisotopic (exact) mass is 392 g/mol. The zero-order valence-electron chi connectivity index (χ0n) is 15.6. The van der Waals surface area contributed by atoms with Crippen LogP contribution in [0.5, 0.6) is 0 Å². The van der Waals surface area contributed by atoms with E-state index in [-0.39, 0.29) is 29.9 Å². The smallest absolute Gasteiger partial charge is 0.363 e. The molecule has 2 aliphatic heterocycles. The third kappa shape index (κ3) is 3.47. The van der Waals surface area contributed by atoms with E-state index < -0.39 is 18.3 Å². The number of likely N-dealkylation sites (tertiary alicyclic amines) is 1. The third-order valence-electron chi connectivity index (χ3n) is 5.67. The van der Waals surface area contributed by atoms with Crippen LogP contribution in [-0.2, 0) is 0 Å². The van der Waals surface area contributed by atoms with E-state index in [4.69, 9.17) is 0 Å². The van der Waals surface area contributed by atoms with Gasteiger partial charge in [0.25, 0.3) is 5.91 Å². The zero-order chi connectivity index (χ0) is 19.9. The van der Waals surface area contributed by atoms with Crippen molar-refractivity contribution in [1.82, 2.24) is 14.7 Å². The highest BCUT2D eigenvalue weighted by Crippen LogP contribution is 2.43. The molecule has 1 aromatic carbocycles. The Morgan fingerprint density at radius 2 is 1.96 bits per heavy atom. The first-order chi connectivity index (χ1) is 13.3. The molecule has 0 bridgehead atoms. The fourth-order valence-electron chi connectivity index (χ4n) is 4.13. The number of nitrogens with zero attached hydrogens (tertiary/aromatic N) is 3. The van der Waals surface area contributed by atoms with Gasteiger partial charge in [-0.15, -0.1) is 0 Å². The van der Waals surface area contributed by atoms with E-state index in [0.29, 0.717) is 6.54 Å². The second-order valence-corrected chi connectivity index (χ2v) is 7.60. The minimum Gasteiger partial charge on any atom is -0.363 e. The Balaban J connectivity index is 1.67. The van der Waals surface area contributed by atoms with Crippen molar-refractivity contribution in [2.24, 2.45) is 0 Å². The van der Waals surface area contributed by atoms with Gasteiger partial charge in [-0.1, -0.05) is 30.3 Å². The lowest BCUT2D eigenvalue weighted by molar-refractivity contribution is -0.173. The van der Waals surface area contributed by atoms with E-state index >= 15 is 0 Å². The number of anilines is 1. The number of rotatable bonds is 2. The van der Waals surface area contributed by atoms with E-state index in [1.807, 2.05) is 13.0 Å². The average molecular weight is 392 g/mol. The summed E-state index contributed by atoms with van der Waals surface area (Å²) in [7, 11) is 0. The molecule has 0 radical (unpaired) electrons. The molecule has 5 nitrogen and oxygen atoms in total. The molecule has 3 heterocycles. The number of fused-ring (bicyclic) bond motifs is 1. The molecule has 28 heavy (non-hydrogen) atoms. The second kappa shape index (κ2) is 7.14. The zero-order valence-corrected chi connectivity index (χ0v) is 15.6. The van der Waals surface area contributed by atoms with Crippen LogP contribution in [0.2, 0.25) is 0 Å². The second-order valence-electron chi connectivity index (χ2n) is 7.60. The Morgan fingerprint density at radius 3 is 2.64 bits per heavy atom. The summed E-state index contributed by atoms with van der Waals surface area (Å²) >= 11 is 0. The highest BCUT2D eigenvalue weighted by Gasteiger charge is 2.47. The Hall–Kier alpha value is -2.51. The molecule has 3 atom stereocenters. The topological polar surface area (TPSA) is 50.2 Å². The van der Waals surface area contributed by atoms with Gasteiger partial charge in [0.1, 0.15) is 5.82 Å². The van der Waals surface area contributed by atoms with Crippen LogP contribution >= 0.6 is 0 Å². The Kier molecular flexibility index (Phi) is 4.81. The van der Waals surface area contributed by atoms with E-state index in [9.17, 15) is 18.0 Å². The summed E-state index contributed by atoms with van der Waals surface area (Å²) in [5, 5.41) is 7.21. The summed E-state index contributed by atoms with van der Waals surface area (Å²) in [6.45, 7) is 2.58. The highest BCUT2D eigenvalue weighted by atomic mass is 19.4. The number of nitrogens with one attached hydrogen (secondary N) is 1. The van der Waals surface area contributed by atoms with E-state index in [2.05, 4.69) is 10.4 Å². The van der Waals surface area contributed by atoms with Crippen molar-refractivity contribution in [1.29, 1.82) is 0 Å². The van der Waals surface area contributed by atoms with Crippen molar-refractivity contribution in [2.75, 3.05) is 11.9 Å². The normalized spacial score (nSPS) is 25.1. The van der Waals surface area contributed by atoms with Gasteiger partial charge in [-0.05, 0) is 31.7 Å². The first kappa shape index (κ1) is 18.8. The van der Waals surface area contributed by atoms with Gasteiger partial charge in [0, 0.05) is 25.1 Å². The van der Waals surface area contributed by atoms with Crippen molar-refractivity contribution in [3.8, 4) is 0 Å². The Labute approximate surface area is 161 Å². The number of alkyl halides is 3. The van der Waals surface area contributed by atoms with E-state index in [0.717, 1.165) is 29.5 Å². The van der Waals surface area contributed by atoms with Crippen LogP contribution in [0.25, 0.3) is 0 Å². The fourth-order valence-corrected chi connectivity index (χ4v) is 4.13. The van der Waals surface area contributed by atoms with Crippen molar-refractivity contribution >= 4 is 11.7 Å². The largest absolute Gasteiger partial charge is 0.410 e. The first-order valence-electron chi connectivity index (χ1n) is 9.63. The van der Waals surface area contributed by atoms with Gasteiger partial charge < -0.3 is 10.2 Å². The SMILES string of the molecule is C[C@H]1CCCCN1C(=O)c1cc2n(n1)[C@@H](C(F)(F)F)C[C@H](c1ccccc1)N2. The molecule has 0 unspecified atom stereocenters. The quantitative estimate of drug-likeness (QED) is 0.815. The van der Waals surface area contributed by atoms with Crippen LogP contribution < -0.4 is 5.32 Å². The maximum Gasteiger partial charge on any atom is 0.410 e. The molecule has 0 spiro atoms. The molecular weight excluding hydrogens is 369 g/mol. The van der Waals surface area contributed by atoms with Gasteiger partial charge in [0.2, 0.25) is 0 Å². The van der Waals surface area contributed by atoms with Crippen molar-refractivity contribution in [3.63, 3.8) is 0 Å². The van der Waals surface area contributed by atoms with Gasteiger partial charge in [-0.25, -0.2) is 4.68 Å². The summed E-state index contributed by atoms with van der Waals surface area (Å²) in [6.07, 6.45) is -1.76. The minimum atomic E-state index is -4.45. The van der Waals surface area contributed by atoms with Gasteiger partial charge in [0.05, 0.1) is 6.04 Å². The number of amides is 1. The molecule has 8 heteroatoms. The van der Waals surface area contributed by atoms with Crippen LogP contribution in [0, 0.1) is 0 Å².